The van der Waals surface area contributed by atoms with Gasteiger partial charge in [0, 0.05) is 0 Å². The number of allylic oxidation sites excluding steroid dienone is 7. The van der Waals surface area contributed by atoms with Crippen LogP contribution in [0.4, 0.5) is 0 Å². The fourth-order valence-electron chi connectivity index (χ4n) is 1.13. The van der Waals surface area contributed by atoms with Crippen LogP contribution in [-0.4, -0.2) is 0 Å². The summed E-state index contributed by atoms with van der Waals surface area (Å²) in [6.07, 6.45) is 8.15. The minimum atomic E-state index is 1.23. The van der Waals surface area contributed by atoms with Crippen molar-refractivity contribution in [1.29, 1.82) is 0 Å². The average molecular weight is 162 g/mol. The molecule has 0 unspecified atom stereocenters. The van der Waals surface area contributed by atoms with Gasteiger partial charge in [-0.15, -0.1) is 0 Å². The average Bonchev–Trinajstić information content (AvgIpc) is 2.06. The molecule has 0 atom stereocenters. The lowest BCUT2D eigenvalue weighted by atomic mass is 10.0. The van der Waals surface area contributed by atoms with E-state index < -0.39 is 0 Å². The van der Waals surface area contributed by atoms with E-state index in [1.165, 1.54) is 16.7 Å². The summed E-state index contributed by atoms with van der Waals surface area (Å²) in [5.74, 6) is 0. The van der Waals surface area contributed by atoms with Gasteiger partial charge >= 0.3 is 0 Å². The molecular formula is C12H18. The number of hydrogen-bond acceptors (Lipinski definition) is 0. The Morgan fingerprint density at radius 1 is 1.17 bits per heavy atom. The summed E-state index contributed by atoms with van der Waals surface area (Å²) in [5.41, 5.74) is 3.78. The molecule has 0 spiro atoms. The maximum absolute atomic E-state index is 3.80. The summed E-state index contributed by atoms with van der Waals surface area (Å²) in [6, 6.07) is 0. The van der Waals surface area contributed by atoms with Crippen LogP contribution >= 0.6 is 0 Å². The molecule has 0 aromatic heterocycles. The molecule has 12 heavy (non-hydrogen) atoms. The van der Waals surface area contributed by atoms with E-state index >= 15 is 0 Å². The molecule has 0 amide bonds. The first-order chi connectivity index (χ1) is 5.67. The van der Waals surface area contributed by atoms with Crippen molar-refractivity contribution in [3.05, 3.63) is 47.6 Å². The van der Waals surface area contributed by atoms with Crippen molar-refractivity contribution >= 4 is 0 Å². The van der Waals surface area contributed by atoms with Crippen LogP contribution in [0.3, 0.4) is 0 Å². The van der Waals surface area contributed by atoms with E-state index in [9.17, 15) is 0 Å². The Bertz CT molecular complexity index is 237. The van der Waals surface area contributed by atoms with Crippen molar-refractivity contribution in [1.82, 2.24) is 0 Å². The second-order valence-electron chi connectivity index (χ2n) is 2.77. The van der Waals surface area contributed by atoms with Crippen molar-refractivity contribution < 1.29 is 0 Å². The smallest absolute Gasteiger partial charge is 0.0207 e. The van der Waals surface area contributed by atoms with E-state index in [0.29, 0.717) is 0 Å². The molecule has 0 bridgehead atoms. The lowest BCUT2D eigenvalue weighted by Gasteiger charge is -2.04. The van der Waals surface area contributed by atoms with Crippen LogP contribution in [-0.2, 0) is 0 Å². The fraction of sp³-hybridized carbons (Fsp3) is 0.333. The Kier molecular flexibility index (Phi) is 5.11. The molecule has 0 N–H and O–H groups in total. The van der Waals surface area contributed by atoms with Gasteiger partial charge < -0.3 is 0 Å². The predicted octanol–water partition coefficient (Wildman–Crippen LogP) is 4.03. The highest BCUT2D eigenvalue weighted by molar-refractivity contribution is 5.44. The minimum absolute atomic E-state index is 1.23. The van der Waals surface area contributed by atoms with Gasteiger partial charge in [0.25, 0.3) is 0 Å². The highest BCUT2D eigenvalue weighted by Crippen LogP contribution is 2.16. The molecule has 0 aliphatic carbocycles. The molecule has 66 valence electrons. The molecule has 0 heteroatoms. The van der Waals surface area contributed by atoms with Crippen LogP contribution in [0.15, 0.2) is 47.6 Å². The van der Waals surface area contributed by atoms with Crippen LogP contribution in [0.25, 0.3) is 0 Å². The molecule has 0 radical (unpaired) electrons. The molecule has 0 fully saturated rings. The zero-order valence-corrected chi connectivity index (χ0v) is 8.52. The Morgan fingerprint density at radius 2 is 1.75 bits per heavy atom. The van der Waals surface area contributed by atoms with E-state index in [1.807, 2.05) is 26.0 Å². The minimum Gasteiger partial charge on any atom is -0.0985 e. The third kappa shape index (κ3) is 2.91. The van der Waals surface area contributed by atoms with E-state index in [-0.39, 0.29) is 0 Å². The summed E-state index contributed by atoms with van der Waals surface area (Å²) in [6.45, 7) is 12.1. The maximum atomic E-state index is 3.80. The first kappa shape index (κ1) is 11.0. The zero-order chi connectivity index (χ0) is 9.56. The molecule has 0 saturated heterocycles. The topological polar surface area (TPSA) is 0 Å². The molecule has 0 aliphatic rings. The standard InChI is InChI=1S/C12H18/c1-6-9-11(5)12(8-3)10(4)7-2/h6-9H,3H2,1-2,4-5H3/b9-6-,10-7-,12-11+. The molecule has 0 aromatic carbocycles. The largest absolute Gasteiger partial charge is 0.0985 e. The van der Waals surface area contributed by atoms with Crippen molar-refractivity contribution in [2.75, 3.05) is 0 Å². The van der Waals surface area contributed by atoms with Crippen molar-refractivity contribution in [3.8, 4) is 0 Å². The molecule has 0 heterocycles. The van der Waals surface area contributed by atoms with Crippen molar-refractivity contribution in [2.45, 2.75) is 27.7 Å². The summed E-state index contributed by atoms with van der Waals surface area (Å²) in [7, 11) is 0. The van der Waals surface area contributed by atoms with Gasteiger partial charge in [-0.25, -0.2) is 0 Å². The van der Waals surface area contributed by atoms with Crippen molar-refractivity contribution in [2.24, 2.45) is 0 Å². The third-order valence-corrected chi connectivity index (χ3v) is 1.90. The van der Waals surface area contributed by atoms with E-state index in [4.69, 9.17) is 0 Å². The first-order valence-electron chi connectivity index (χ1n) is 4.26. The maximum Gasteiger partial charge on any atom is -0.0207 e. The van der Waals surface area contributed by atoms with Gasteiger partial charge in [0.05, 0.1) is 0 Å². The van der Waals surface area contributed by atoms with Gasteiger partial charge in [-0.1, -0.05) is 30.9 Å². The monoisotopic (exact) mass is 162 g/mol. The summed E-state index contributed by atoms with van der Waals surface area (Å²) in [5, 5.41) is 0. The lowest BCUT2D eigenvalue weighted by molar-refractivity contribution is 1.33. The Hall–Kier alpha value is -1.04. The molecule has 0 nitrogen and oxygen atoms in total. The van der Waals surface area contributed by atoms with Gasteiger partial charge in [0.15, 0.2) is 0 Å². The van der Waals surface area contributed by atoms with E-state index in [1.54, 1.807) is 0 Å². The molecular weight excluding hydrogens is 144 g/mol. The number of rotatable bonds is 3. The normalized spacial score (nSPS) is 14.8. The second kappa shape index (κ2) is 5.59. The quantitative estimate of drug-likeness (QED) is 0.549. The zero-order valence-electron chi connectivity index (χ0n) is 8.52. The van der Waals surface area contributed by atoms with E-state index in [0.717, 1.165) is 0 Å². The Morgan fingerprint density at radius 3 is 2.08 bits per heavy atom. The number of hydrogen-bond donors (Lipinski definition) is 0. The predicted molar refractivity (Wildman–Crippen MR) is 57.1 cm³/mol. The van der Waals surface area contributed by atoms with Crippen LogP contribution in [0.2, 0.25) is 0 Å². The highest BCUT2D eigenvalue weighted by Gasteiger charge is 1.96. The highest BCUT2D eigenvalue weighted by atomic mass is 14.0. The van der Waals surface area contributed by atoms with Crippen LogP contribution in [0, 0.1) is 0 Å². The Labute approximate surface area is 76.0 Å². The first-order valence-corrected chi connectivity index (χ1v) is 4.26. The van der Waals surface area contributed by atoms with Gasteiger partial charge in [0.1, 0.15) is 0 Å². The van der Waals surface area contributed by atoms with Crippen LogP contribution < -0.4 is 0 Å². The van der Waals surface area contributed by atoms with Gasteiger partial charge in [-0.05, 0) is 44.4 Å². The molecule has 0 aromatic rings. The summed E-state index contributed by atoms with van der Waals surface area (Å²) >= 11 is 0. The van der Waals surface area contributed by atoms with Gasteiger partial charge in [0.2, 0.25) is 0 Å². The fourth-order valence-corrected chi connectivity index (χ4v) is 1.13. The van der Waals surface area contributed by atoms with Crippen LogP contribution in [0.1, 0.15) is 27.7 Å². The molecule has 0 aliphatic heterocycles. The SMILES string of the molecule is C=CC(/C(C)=C\C)=C(C)\C=C/C. The third-order valence-electron chi connectivity index (χ3n) is 1.90. The van der Waals surface area contributed by atoms with Crippen molar-refractivity contribution in [3.63, 3.8) is 0 Å². The Balaban J connectivity index is 4.99. The van der Waals surface area contributed by atoms with Gasteiger partial charge in [-0.3, -0.25) is 0 Å². The lowest BCUT2D eigenvalue weighted by Crippen LogP contribution is -1.84. The van der Waals surface area contributed by atoms with Crippen LogP contribution in [0.5, 0.6) is 0 Å². The summed E-state index contributed by atoms with van der Waals surface area (Å²) in [4.78, 5) is 0. The molecule has 0 rings (SSSR count). The van der Waals surface area contributed by atoms with Gasteiger partial charge in [-0.2, -0.15) is 0 Å². The molecule has 0 saturated carbocycles. The summed E-state index contributed by atoms with van der Waals surface area (Å²) < 4.78 is 0. The second-order valence-corrected chi connectivity index (χ2v) is 2.77. The van der Waals surface area contributed by atoms with E-state index in [2.05, 4.69) is 32.6 Å².